The number of carboxylic acid groups (broad SMARTS) is 1. The van der Waals surface area contributed by atoms with Gasteiger partial charge in [0.15, 0.2) is 5.69 Å². The minimum atomic E-state index is -1.10. The van der Waals surface area contributed by atoms with E-state index in [1.165, 1.54) is 6.42 Å². The van der Waals surface area contributed by atoms with Gasteiger partial charge in [-0.3, -0.25) is 0 Å². The molecule has 1 aliphatic rings. The third-order valence-corrected chi connectivity index (χ3v) is 2.81. The molecule has 0 bridgehead atoms. The van der Waals surface area contributed by atoms with E-state index >= 15 is 0 Å². The molecule has 1 aliphatic carbocycles. The van der Waals surface area contributed by atoms with Crippen LogP contribution < -0.4 is 5.32 Å². The van der Waals surface area contributed by atoms with E-state index in [0.29, 0.717) is 11.9 Å². The third kappa shape index (κ3) is 2.21. The Morgan fingerprint density at radius 2 is 2.27 bits per heavy atom. The molecule has 2 rings (SSSR count). The van der Waals surface area contributed by atoms with Gasteiger partial charge in [0.05, 0.1) is 5.02 Å². The summed E-state index contributed by atoms with van der Waals surface area (Å²) in [6.45, 7) is 0. The van der Waals surface area contributed by atoms with Crippen molar-refractivity contribution in [2.45, 2.75) is 25.3 Å². The first-order valence-corrected chi connectivity index (χ1v) is 5.21. The molecule has 2 N–H and O–H groups in total. The van der Waals surface area contributed by atoms with Gasteiger partial charge >= 0.3 is 5.97 Å². The average molecular weight is 227 g/mol. The molecule has 0 spiro atoms. The zero-order chi connectivity index (χ0) is 10.8. The highest BCUT2D eigenvalue weighted by Crippen LogP contribution is 2.23. The highest BCUT2D eigenvalue weighted by molar-refractivity contribution is 6.33. The highest BCUT2D eigenvalue weighted by Gasteiger charge is 2.18. The van der Waals surface area contributed by atoms with Gasteiger partial charge in [-0.1, -0.05) is 11.6 Å². The summed E-state index contributed by atoms with van der Waals surface area (Å²) in [5.41, 5.74) is -0.0963. The van der Waals surface area contributed by atoms with Crippen LogP contribution in [0.3, 0.4) is 0 Å². The zero-order valence-corrected chi connectivity index (χ0v) is 8.79. The maximum atomic E-state index is 10.8. The van der Waals surface area contributed by atoms with Gasteiger partial charge in [0.1, 0.15) is 5.82 Å². The predicted molar refractivity (Wildman–Crippen MR) is 57.5 cm³/mol. The zero-order valence-electron chi connectivity index (χ0n) is 8.03. The Morgan fingerprint density at radius 3 is 2.80 bits per heavy atom. The van der Waals surface area contributed by atoms with Crippen LogP contribution in [0, 0.1) is 0 Å². The fraction of sp³-hybridized carbons (Fsp3) is 0.400. The molecular formula is C10H11ClN2O2. The first-order valence-electron chi connectivity index (χ1n) is 4.83. The molecule has 80 valence electrons. The Balaban J connectivity index is 2.17. The van der Waals surface area contributed by atoms with Gasteiger partial charge < -0.3 is 10.4 Å². The van der Waals surface area contributed by atoms with Crippen LogP contribution in [0.4, 0.5) is 5.82 Å². The van der Waals surface area contributed by atoms with Crippen molar-refractivity contribution in [1.82, 2.24) is 4.98 Å². The topological polar surface area (TPSA) is 62.2 Å². The molecular weight excluding hydrogens is 216 g/mol. The molecule has 0 aromatic carbocycles. The number of aromatic carboxylic acids is 1. The smallest absolute Gasteiger partial charge is 0.356 e. The number of halogens is 1. The number of carboxylic acids is 1. The number of pyridine rings is 1. The summed E-state index contributed by atoms with van der Waals surface area (Å²) in [5, 5.41) is 12.2. The molecule has 0 saturated heterocycles. The molecule has 0 radical (unpaired) electrons. The van der Waals surface area contributed by atoms with Crippen molar-refractivity contribution in [3.63, 3.8) is 0 Å². The van der Waals surface area contributed by atoms with Gasteiger partial charge in [-0.15, -0.1) is 0 Å². The number of hydrogen-bond donors (Lipinski definition) is 2. The van der Waals surface area contributed by atoms with Gasteiger partial charge in [0, 0.05) is 6.04 Å². The fourth-order valence-corrected chi connectivity index (χ4v) is 1.62. The van der Waals surface area contributed by atoms with Gasteiger partial charge in [0.2, 0.25) is 0 Å². The van der Waals surface area contributed by atoms with Crippen molar-refractivity contribution in [3.8, 4) is 0 Å². The maximum Gasteiger partial charge on any atom is 0.356 e. The van der Waals surface area contributed by atoms with Crippen molar-refractivity contribution in [2.24, 2.45) is 0 Å². The quantitative estimate of drug-likeness (QED) is 0.831. The highest BCUT2D eigenvalue weighted by atomic mass is 35.5. The van der Waals surface area contributed by atoms with Crippen molar-refractivity contribution in [2.75, 3.05) is 5.32 Å². The Morgan fingerprint density at radius 1 is 1.53 bits per heavy atom. The molecule has 0 unspecified atom stereocenters. The molecule has 1 heterocycles. The van der Waals surface area contributed by atoms with E-state index in [0.717, 1.165) is 12.8 Å². The lowest BCUT2D eigenvalue weighted by molar-refractivity contribution is 0.0691. The molecule has 1 fully saturated rings. The largest absolute Gasteiger partial charge is 0.476 e. The van der Waals surface area contributed by atoms with Crippen LogP contribution in [-0.4, -0.2) is 22.1 Å². The molecule has 0 atom stereocenters. The lowest BCUT2D eigenvalue weighted by Crippen LogP contribution is -2.27. The van der Waals surface area contributed by atoms with E-state index in [9.17, 15) is 4.79 Å². The second-order valence-corrected chi connectivity index (χ2v) is 4.01. The van der Waals surface area contributed by atoms with Crippen LogP contribution >= 0.6 is 11.6 Å². The van der Waals surface area contributed by atoms with E-state index < -0.39 is 5.97 Å². The first-order chi connectivity index (χ1) is 7.16. The van der Waals surface area contributed by atoms with Crippen LogP contribution in [0.1, 0.15) is 29.8 Å². The SMILES string of the molecule is O=C(O)c1nc(NC2CCC2)ccc1Cl. The van der Waals surface area contributed by atoms with Crippen LogP contribution in [0.15, 0.2) is 12.1 Å². The van der Waals surface area contributed by atoms with Gasteiger partial charge in [-0.05, 0) is 31.4 Å². The number of nitrogens with one attached hydrogen (secondary N) is 1. The average Bonchev–Trinajstić information content (AvgIpc) is 2.13. The Hall–Kier alpha value is -1.29. The van der Waals surface area contributed by atoms with E-state index in [2.05, 4.69) is 10.3 Å². The van der Waals surface area contributed by atoms with Gasteiger partial charge in [0.25, 0.3) is 0 Å². The summed E-state index contributed by atoms with van der Waals surface area (Å²) in [7, 11) is 0. The van der Waals surface area contributed by atoms with Gasteiger partial charge in [-0.2, -0.15) is 0 Å². The summed E-state index contributed by atoms with van der Waals surface area (Å²) in [6.07, 6.45) is 3.45. The summed E-state index contributed by atoms with van der Waals surface area (Å²) in [5.74, 6) is -0.515. The van der Waals surface area contributed by atoms with Crippen molar-refractivity contribution >= 4 is 23.4 Å². The Labute approximate surface area is 92.3 Å². The van der Waals surface area contributed by atoms with E-state index in [1.807, 2.05) is 0 Å². The number of carbonyl (C=O) groups is 1. The predicted octanol–water partition coefficient (Wildman–Crippen LogP) is 2.40. The van der Waals surface area contributed by atoms with Crippen LogP contribution in [-0.2, 0) is 0 Å². The van der Waals surface area contributed by atoms with Crippen LogP contribution in [0.25, 0.3) is 0 Å². The fourth-order valence-electron chi connectivity index (χ4n) is 1.43. The number of aromatic nitrogens is 1. The standard InChI is InChI=1S/C10H11ClN2O2/c11-7-4-5-8(12-6-2-1-3-6)13-9(7)10(14)15/h4-6H,1-3H2,(H,12,13)(H,14,15). The third-order valence-electron chi connectivity index (χ3n) is 2.51. The Kier molecular flexibility index (Phi) is 2.77. The number of hydrogen-bond acceptors (Lipinski definition) is 3. The minimum absolute atomic E-state index is 0.0963. The second kappa shape index (κ2) is 4.06. The minimum Gasteiger partial charge on any atom is -0.476 e. The normalized spacial score (nSPS) is 15.8. The molecule has 0 aliphatic heterocycles. The van der Waals surface area contributed by atoms with Gasteiger partial charge in [-0.25, -0.2) is 9.78 Å². The maximum absolute atomic E-state index is 10.8. The second-order valence-electron chi connectivity index (χ2n) is 3.60. The summed E-state index contributed by atoms with van der Waals surface area (Å²) in [6, 6.07) is 3.69. The van der Waals surface area contributed by atoms with Crippen molar-refractivity contribution < 1.29 is 9.90 Å². The van der Waals surface area contributed by atoms with E-state index in [1.54, 1.807) is 12.1 Å². The molecule has 1 saturated carbocycles. The number of anilines is 1. The monoisotopic (exact) mass is 226 g/mol. The first kappa shape index (κ1) is 10.2. The lowest BCUT2D eigenvalue weighted by Gasteiger charge is -2.26. The summed E-state index contributed by atoms with van der Waals surface area (Å²) in [4.78, 5) is 14.7. The van der Waals surface area contributed by atoms with Crippen molar-refractivity contribution in [1.29, 1.82) is 0 Å². The van der Waals surface area contributed by atoms with Crippen LogP contribution in [0.5, 0.6) is 0 Å². The van der Waals surface area contributed by atoms with Crippen molar-refractivity contribution in [3.05, 3.63) is 22.8 Å². The molecule has 5 heteroatoms. The lowest BCUT2D eigenvalue weighted by atomic mass is 9.93. The van der Waals surface area contributed by atoms with Crippen LogP contribution in [0.2, 0.25) is 5.02 Å². The molecule has 4 nitrogen and oxygen atoms in total. The summed E-state index contributed by atoms with van der Waals surface area (Å²) < 4.78 is 0. The molecule has 0 amide bonds. The number of nitrogens with zero attached hydrogens (tertiary/aromatic N) is 1. The Bertz CT molecular complexity index is 391. The molecule has 1 aromatic rings. The number of rotatable bonds is 3. The van der Waals surface area contributed by atoms with E-state index in [4.69, 9.17) is 16.7 Å². The molecule has 15 heavy (non-hydrogen) atoms. The molecule has 1 aromatic heterocycles. The summed E-state index contributed by atoms with van der Waals surface area (Å²) >= 11 is 5.70. The van der Waals surface area contributed by atoms with E-state index in [-0.39, 0.29) is 10.7 Å².